The van der Waals surface area contributed by atoms with Crippen molar-refractivity contribution in [1.29, 1.82) is 0 Å². The molecule has 1 aliphatic rings. The Kier molecular flexibility index (Phi) is 6.43. The van der Waals surface area contributed by atoms with Crippen LogP contribution in [0, 0.1) is 0 Å². The first-order valence-corrected chi connectivity index (χ1v) is 10.1. The SMILES string of the molecule is CC(C)Sc1ccc(CC(=O)N2CCC(Oc3ccncc3Cl)C2)cc1. The van der Waals surface area contributed by atoms with Gasteiger partial charge in [0.2, 0.25) is 5.91 Å². The molecule has 0 bridgehead atoms. The highest BCUT2D eigenvalue weighted by atomic mass is 35.5. The van der Waals surface area contributed by atoms with Crippen LogP contribution in [0.15, 0.2) is 47.6 Å². The molecular formula is C20H23ClN2O2S. The lowest BCUT2D eigenvalue weighted by Crippen LogP contribution is -2.32. The van der Waals surface area contributed by atoms with Crippen molar-refractivity contribution in [3.63, 3.8) is 0 Å². The van der Waals surface area contributed by atoms with Crippen molar-refractivity contribution in [3.05, 3.63) is 53.3 Å². The van der Waals surface area contributed by atoms with Crippen LogP contribution in [0.5, 0.6) is 5.75 Å². The molecule has 2 aromatic rings. The summed E-state index contributed by atoms with van der Waals surface area (Å²) in [6.45, 7) is 5.66. The number of pyridine rings is 1. The summed E-state index contributed by atoms with van der Waals surface area (Å²) in [6.07, 6.45) is 4.43. The predicted octanol–water partition coefficient (Wildman–Crippen LogP) is 4.46. The summed E-state index contributed by atoms with van der Waals surface area (Å²) in [5.74, 6) is 0.764. The molecule has 138 valence electrons. The van der Waals surface area contributed by atoms with Crippen molar-refractivity contribution in [3.8, 4) is 5.75 Å². The summed E-state index contributed by atoms with van der Waals surface area (Å²) >= 11 is 7.91. The van der Waals surface area contributed by atoms with Gasteiger partial charge in [0.15, 0.2) is 0 Å². The van der Waals surface area contributed by atoms with Crippen LogP contribution in [0.4, 0.5) is 0 Å². The fraction of sp³-hybridized carbons (Fsp3) is 0.400. The molecule has 4 nitrogen and oxygen atoms in total. The molecule has 0 aliphatic carbocycles. The molecule has 1 aliphatic heterocycles. The molecule has 1 saturated heterocycles. The Hall–Kier alpha value is -1.72. The van der Waals surface area contributed by atoms with Gasteiger partial charge in [-0.2, -0.15) is 0 Å². The van der Waals surface area contributed by atoms with E-state index in [1.54, 1.807) is 18.5 Å². The molecule has 1 unspecified atom stereocenters. The summed E-state index contributed by atoms with van der Waals surface area (Å²) in [5.41, 5.74) is 1.05. The van der Waals surface area contributed by atoms with Crippen LogP contribution in [0.2, 0.25) is 5.02 Å². The standard InChI is InChI=1S/C20H23ClN2O2S/c1-14(2)26-17-5-3-15(4-6-17)11-20(24)23-10-8-16(13-23)25-19-7-9-22-12-18(19)21/h3-7,9,12,14,16H,8,10-11,13H2,1-2H3. The lowest BCUT2D eigenvalue weighted by Gasteiger charge is -2.18. The van der Waals surface area contributed by atoms with Crippen molar-refractivity contribution in [2.24, 2.45) is 0 Å². The van der Waals surface area contributed by atoms with E-state index in [2.05, 4.69) is 31.0 Å². The van der Waals surface area contributed by atoms with Gasteiger partial charge in [-0.15, -0.1) is 11.8 Å². The minimum absolute atomic E-state index is 0.0244. The van der Waals surface area contributed by atoms with Gasteiger partial charge in [0, 0.05) is 41.6 Å². The first-order chi connectivity index (χ1) is 12.5. The average Bonchev–Trinajstić information content (AvgIpc) is 3.07. The number of thioether (sulfide) groups is 1. The minimum Gasteiger partial charge on any atom is -0.487 e. The van der Waals surface area contributed by atoms with Crippen LogP contribution < -0.4 is 4.74 Å². The second-order valence-electron chi connectivity index (χ2n) is 6.66. The van der Waals surface area contributed by atoms with Crippen LogP contribution >= 0.6 is 23.4 Å². The van der Waals surface area contributed by atoms with Crippen LogP contribution in [-0.4, -0.2) is 40.2 Å². The molecule has 0 radical (unpaired) electrons. The second-order valence-corrected chi connectivity index (χ2v) is 8.72. The number of ether oxygens (including phenoxy) is 1. The number of benzene rings is 1. The number of amides is 1. The third-order valence-electron chi connectivity index (χ3n) is 4.18. The fourth-order valence-electron chi connectivity index (χ4n) is 2.93. The van der Waals surface area contributed by atoms with Gasteiger partial charge < -0.3 is 9.64 Å². The summed E-state index contributed by atoms with van der Waals surface area (Å²) in [5, 5.41) is 1.05. The Morgan fingerprint density at radius 1 is 1.35 bits per heavy atom. The van der Waals surface area contributed by atoms with Gasteiger partial charge in [-0.05, 0) is 17.7 Å². The Balaban J connectivity index is 1.52. The number of hydrogen-bond acceptors (Lipinski definition) is 4. The molecule has 26 heavy (non-hydrogen) atoms. The van der Waals surface area contributed by atoms with Gasteiger partial charge >= 0.3 is 0 Å². The first kappa shape index (κ1) is 19.1. The maximum Gasteiger partial charge on any atom is 0.227 e. The second kappa shape index (κ2) is 8.78. The smallest absolute Gasteiger partial charge is 0.227 e. The first-order valence-electron chi connectivity index (χ1n) is 8.81. The zero-order chi connectivity index (χ0) is 18.5. The number of likely N-dealkylation sites (tertiary alicyclic amines) is 1. The van der Waals surface area contributed by atoms with E-state index in [0.717, 1.165) is 12.0 Å². The van der Waals surface area contributed by atoms with E-state index < -0.39 is 0 Å². The molecule has 2 heterocycles. The van der Waals surface area contributed by atoms with Crippen molar-refractivity contribution < 1.29 is 9.53 Å². The molecule has 1 aromatic carbocycles. The Morgan fingerprint density at radius 2 is 2.12 bits per heavy atom. The quantitative estimate of drug-likeness (QED) is 0.683. The summed E-state index contributed by atoms with van der Waals surface area (Å²) in [7, 11) is 0. The number of halogens is 1. The van der Waals surface area contributed by atoms with Crippen LogP contribution in [-0.2, 0) is 11.2 Å². The normalized spacial score (nSPS) is 16.9. The zero-order valence-corrected chi connectivity index (χ0v) is 16.6. The van der Waals surface area contributed by atoms with Crippen LogP contribution in [0.1, 0.15) is 25.8 Å². The van der Waals surface area contributed by atoms with Gasteiger partial charge in [-0.25, -0.2) is 0 Å². The zero-order valence-electron chi connectivity index (χ0n) is 15.0. The topological polar surface area (TPSA) is 42.4 Å². The molecule has 6 heteroatoms. The number of hydrogen-bond donors (Lipinski definition) is 0. The van der Waals surface area contributed by atoms with Gasteiger partial charge in [0.05, 0.1) is 13.0 Å². The number of rotatable bonds is 6. The van der Waals surface area contributed by atoms with E-state index in [0.29, 0.717) is 35.5 Å². The average molecular weight is 391 g/mol. The third-order valence-corrected chi connectivity index (χ3v) is 5.48. The third kappa shape index (κ3) is 5.15. The van der Waals surface area contributed by atoms with Crippen molar-refractivity contribution in [2.45, 2.75) is 42.9 Å². The number of carbonyl (C=O) groups is 1. The number of nitrogens with zero attached hydrogens (tertiary/aromatic N) is 2. The van der Waals surface area contributed by atoms with Gasteiger partial charge in [0.25, 0.3) is 0 Å². The molecule has 0 saturated carbocycles. The minimum atomic E-state index is -0.0244. The van der Waals surface area contributed by atoms with E-state index in [-0.39, 0.29) is 12.0 Å². The highest BCUT2D eigenvalue weighted by molar-refractivity contribution is 7.99. The predicted molar refractivity (Wildman–Crippen MR) is 106 cm³/mol. The highest BCUT2D eigenvalue weighted by Gasteiger charge is 2.28. The number of carbonyl (C=O) groups excluding carboxylic acids is 1. The molecule has 0 spiro atoms. The van der Waals surface area contributed by atoms with Crippen LogP contribution in [0.3, 0.4) is 0 Å². The Bertz CT molecular complexity index is 752. The Morgan fingerprint density at radius 3 is 2.81 bits per heavy atom. The molecule has 1 aromatic heterocycles. The molecule has 1 atom stereocenters. The lowest BCUT2D eigenvalue weighted by atomic mass is 10.1. The van der Waals surface area contributed by atoms with Gasteiger partial charge in [-0.1, -0.05) is 37.6 Å². The molecule has 1 amide bonds. The number of aromatic nitrogens is 1. The molecular weight excluding hydrogens is 368 g/mol. The largest absolute Gasteiger partial charge is 0.487 e. The van der Waals surface area contributed by atoms with Crippen molar-refractivity contribution >= 4 is 29.3 Å². The molecule has 3 rings (SSSR count). The monoisotopic (exact) mass is 390 g/mol. The van der Waals surface area contributed by atoms with E-state index >= 15 is 0 Å². The van der Waals surface area contributed by atoms with Gasteiger partial charge in [-0.3, -0.25) is 9.78 Å². The van der Waals surface area contributed by atoms with Gasteiger partial charge in [0.1, 0.15) is 16.9 Å². The maximum atomic E-state index is 12.6. The van der Waals surface area contributed by atoms with Crippen LogP contribution in [0.25, 0.3) is 0 Å². The van der Waals surface area contributed by atoms with E-state index in [1.165, 1.54) is 4.90 Å². The summed E-state index contributed by atoms with van der Waals surface area (Å²) in [6, 6.07) is 10.0. The fourth-order valence-corrected chi connectivity index (χ4v) is 3.93. The van der Waals surface area contributed by atoms with E-state index in [1.807, 2.05) is 28.8 Å². The van der Waals surface area contributed by atoms with Crippen molar-refractivity contribution in [2.75, 3.05) is 13.1 Å². The summed E-state index contributed by atoms with van der Waals surface area (Å²) < 4.78 is 5.92. The lowest BCUT2D eigenvalue weighted by molar-refractivity contribution is -0.129. The molecule has 1 fully saturated rings. The Labute approximate surface area is 163 Å². The molecule has 0 N–H and O–H groups in total. The van der Waals surface area contributed by atoms with Crippen molar-refractivity contribution in [1.82, 2.24) is 9.88 Å². The highest BCUT2D eigenvalue weighted by Crippen LogP contribution is 2.26. The summed E-state index contributed by atoms with van der Waals surface area (Å²) in [4.78, 5) is 19.6. The van der Waals surface area contributed by atoms with E-state index in [4.69, 9.17) is 16.3 Å². The van der Waals surface area contributed by atoms with E-state index in [9.17, 15) is 4.79 Å². The maximum absolute atomic E-state index is 12.6.